The molecule has 2 aromatic carbocycles. The van der Waals surface area contributed by atoms with E-state index in [9.17, 15) is 13.2 Å². The quantitative estimate of drug-likeness (QED) is 0.709. The molecular weight excluding hydrogens is 346 g/mol. The number of nitrogens with one attached hydrogen (secondary N) is 2. The van der Waals surface area contributed by atoms with E-state index in [1.807, 2.05) is 10.9 Å². The molecule has 8 nitrogen and oxygen atoms in total. The van der Waals surface area contributed by atoms with E-state index < -0.39 is 22.5 Å². The van der Waals surface area contributed by atoms with E-state index in [2.05, 4.69) is 5.43 Å². The summed E-state index contributed by atoms with van der Waals surface area (Å²) in [4.78, 5) is 13.6. The molecule has 0 aromatic heterocycles. The number of hydrogen-bond donors (Lipinski definition) is 2. The first-order chi connectivity index (χ1) is 11.9. The van der Waals surface area contributed by atoms with Crippen LogP contribution in [-0.2, 0) is 14.8 Å². The van der Waals surface area contributed by atoms with Crippen molar-refractivity contribution < 1.29 is 22.7 Å². The zero-order chi connectivity index (χ0) is 18.3. The van der Waals surface area contributed by atoms with Gasteiger partial charge >= 0.3 is 0 Å². The average molecular weight is 361 g/mol. The highest BCUT2D eigenvalue weighted by Crippen LogP contribution is 2.15. The Kier molecular flexibility index (Phi) is 5.94. The van der Waals surface area contributed by atoms with E-state index in [4.69, 9.17) is 14.7 Å². The Morgan fingerprint density at radius 1 is 1.08 bits per heavy atom. The highest BCUT2D eigenvalue weighted by molar-refractivity contribution is 7.89. The van der Waals surface area contributed by atoms with Gasteiger partial charge in [0.1, 0.15) is 11.5 Å². The number of amides is 1. The van der Waals surface area contributed by atoms with E-state index in [0.717, 1.165) is 0 Å². The normalized spacial score (nSPS) is 10.6. The summed E-state index contributed by atoms with van der Waals surface area (Å²) < 4.78 is 34.2. The second kappa shape index (κ2) is 8.14. The Bertz CT molecular complexity index is 871. The van der Waals surface area contributed by atoms with Gasteiger partial charge in [0.2, 0.25) is 0 Å². The van der Waals surface area contributed by atoms with Crippen LogP contribution in [0.15, 0.2) is 53.4 Å². The lowest BCUT2D eigenvalue weighted by atomic mass is 10.2. The maximum atomic E-state index is 12.0. The Morgan fingerprint density at radius 2 is 1.68 bits per heavy atom. The molecule has 0 radical (unpaired) electrons. The second-order valence-electron chi connectivity index (χ2n) is 4.75. The maximum absolute atomic E-state index is 12.0. The fourth-order valence-corrected chi connectivity index (χ4v) is 2.61. The van der Waals surface area contributed by atoms with Gasteiger partial charge in [-0.2, -0.15) is 5.26 Å². The van der Waals surface area contributed by atoms with Crippen LogP contribution in [0.2, 0.25) is 0 Å². The zero-order valence-corrected chi connectivity index (χ0v) is 14.0. The molecule has 0 heterocycles. The molecule has 0 aliphatic carbocycles. The molecule has 2 aromatic rings. The largest absolute Gasteiger partial charge is 0.497 e. The van der Waals surface area contributed by atoms with E-state index in [1.54, 1.807) is 12.1 Å². The van der Waals surface area contributed by atoms with Gasteiger partial charge in [-0.3, -0.25) is 10.2 Å². The van der Waals surface area contributed by atoms with E-state index in [0.29, 0.717) is 17.1 Å². The predicted octanol–water partition coefficient (Wildman–Crippen LogP) is 0.955. The van der Waals surface area contributed by atoms with Crippen molar-refractivity contribution in [2.75, 3.05) is 13.7 Å². The monoisotopic (exact) mass is 361 g/mol. The number of benzene rings is 2. The van der Waals surface area contributed by atoms with Gasteiger partial charge in [-0.25, -0.2) is 8.42 Å². The van der Waals surface area contributed by atoms with Crippen LogP contribution in [0, 0.1) is 11.3 Å². The van der Waals surface area contributed by atoms with Crippen molar-refractivity contribution in [3.05, 3.63) is 54.1 Å². The first kappa shape index (κ1) is 18.3. The molecule has 0 saturated carbocycles. The predicted molar refractivity (Wildman–Crippen MR) is 88.1 cm³/mol. The summed E-state index contributed by atoms with van der Waals surface area (Å²) in [5, 5.41) is 8.69. The number of methoxy groups -OCH3 is 1. The fourth-order valence-electron chi connectivity index (χ4n) is 1.75. The van der Waals surface area contributed by atoms with Gasteiger partial charge in [-0.1, -0.05) is 0 Å². The van der Waals surface area contributed by atoms with Gasteiger partial charge in [-0.05, 0) is 48.5 Å². The van der Waals surface area contributed by atoms with Crippen LogP contribution in [0.5, 0.6) is 11.5 Å². The Morgan fingerprint density at radius 3 is 2.24 bits per heavy atom. The minimum Gasteiger partial charge on any atom is -0.497 e. The summed E-state index contributed by atoms with van der Waals surface area (Å²) in [6.45, 7) is -0.392. The Labute approximate surface area is 145 Å². The third-order valence-corrected chi connectivity index (χ3v) is 4.31. The van der Waals surface area contributed by atoms with Crippen molar-refractivity contribution in [3.63, 3.8) is 0 Å². The molecule has 25 heavy (non-hydrogen) atoms. The molecule has 2 N–H and O–H groups in total. The third kappa shape index (κ3) is 5.20. The first-order valence-corrected chi connectivity index (χ1v) is 8.50. The molecule has 9 heteroatoms. The second-order valence-corrected chi connectivity index (χ2v) is 6.44. The molecule has 0 aliphatic rings. The number of sulfonamides is 1. The first-order valence-electron chi connectivity index (χ1n) is 7.02. The molecule has 0 spiro atoms. The summed E-state index contributed by atoms with van der Waals surface area (Å²) in [5.41, 5.74) is 2.52. The van der Waals surface area contributed by atoms with Crippen molar-refractivity contribution in [1.82, 2.24) is 10.3 Å². The van der Waals surface area contributed by atoms with E-state index in [-0.39, 0.29) is 4.90 Å². The minimum absolute atomic E-state index is 0.0263. The third-order valence-electron chi connectivity index (χ3n) is 3.05. The van der Waals surface area contributed by atoms with Gasteiger partial charge in [0.05, 0.1) is 23.6 Å². The number of ether oxygens (including phenoxy) is 2. The summed E-state index contributed by atoms with van der Waals surface area (Å²) in [7, 11) is -2.43. The van der Waals surface area contributed by atoms with Crippen molar-refractivity contribution >= 4 is 15.9 Å². The molecule has 0 fully saturated rings. The van der Waals surface area contributed by atoms with E-state index in [1.165, 1.54) is 43.5 Å². The lowest BCUT2D eigenvalue weighted by Gasteiger charge is -2.10. The molecule has 2 rings (SSSR count). The Balaban J connectivity index is 1.86. The summed E-state index contributed by atoms with van der Waals surface area (Å²) >= 11 is 0. The van der Waals surface area contributed by atoms with Crippen LogP contribution >= 0.6 is 0 Å². The molecular formula is C16H15N3O5S. The number of rotatable bonds is 7. The van der Waals surface area contributed by atoms with Crippen LogP contribution < -0.4 is 19.7 Å². The molecule has 130 valence electrons. The molecule has 0 aliphatic heterocycles. The fraction of sp³-hybridized carbons (Fsp3) is 0.125. The van der Waals surface area contributed by atoms with Crippen molar-refractivity contribution in [3.8, 4) is 17.6 Å². The molecule has 0 unspecified atom stereocenters. The highest BCUT2D eigenvalue weighted by Gasteiger charge is 2.15. The number of hydrogen-bond acceptors (Lipinski definition) is 6. The van der Waals surface area contributed by atoms with Crippen LogP contribution in [-0.4, -0.2) is 28.0 Å². The van der Waals surface area contributed by atoms with Crippen molar-refractivity contribution in [1.29, 1.82) is 5.26 Å². The van der Waals surface area contributed by atoms with Gasteiger partial charge in [-0.15, -0.1) is 4.83 Å². The summed E-state index contributed by atoms with van der Waals surface area (Å²) in [6.07, 6.45) is 0. The van der Waals surface area contributed by atoms with Crippen LogP contribution in [0.3, 0.4) is 0 Å². The summed E-state index contributed by atoms with van der Waals surface area (Å²) in [5.74, 6) is 0.215. The van der Waals surface area contributed by atoms with Crippen molar-refractivity contribution in [2.45, 2.75) is 4.90 Å². The number of nitriles is 1. The molecule has 0 atom stereocenters. The standard InChI is InChI=1S/C16H15N3O5S/c1-23-13-6-8-15(9-7-13)25(21,22)19-18-16(20)11-24-14-4-2-12(10-17)3-5-14/h2-9,19H,11H2,1H3,(H,18,20). The number of nitrogens with zero attached hydrogens (tertiary/aromatic N) is 1. The van der Waals surface area contributed by atoms with E-state index >= 15 is 0 Å². The maximum Gasteiger partial charge on any atom is 0.272 e. The van der Waals surface area contributed by atoms with Gasteiger partial charge in [0, 0.05) is 0 Å². The van der Waals surface area contributed by atoms with Crippen molar-refractivity contribution in [2.24, 2.45) is 0 Å². The van der Waals surface area contributed by atoms with Crippen LogP contribution in [0.4, 0.5) is 0 Å². The van der Waals surface area contributed by atoms with Crippen LogP contribution in [0.25, 0.3) is 0 Å². The summed E-state index contributed by atoms with van der Waals surface area (Å²) in [6, 6.07) is 13.8. The van der Waals surface area contributed by atoms with Gasteiger partial charge < -0.3 is 9.47 Å². The lowest BCUT2D eigenvalue weighted by Crippen LogP contribution is -2.43. The molecule has 0 bridgehead atoms. The SMILES string of the molecule is COc1ccc(S(=O)(=O)NNC(=O)COc2ccc(C#N)cc2)cc1. The average Bonchev–Trinajstić information content (AvgIpc) is 2.65. The zero-order valence-electron chi connectivity index (χ0n) is 13.2. The lowest BCUT2D eigenvalue weighted by molar-refractivity contribution is -0.123. The Hall–Kier alpha value is -3.09. The van der Waals surface area contributed by atoms with Gasteiger partial charge in [0.25, 0.3) is 15.9 Å². The van der Waals surface area contributed by atoms with Crippen LogP contribution in [0.1, 0.15) is 5.56 Å². The topological polar surface area (TPSA) is 118 Å². The highest BCUT2D eigenvalue weighted by atomic mass is 32.2. The minimum atomic E-state index is -3.90. The smallest absolute Gasteiger partial charge is 0.272 e. The molecule has 1 amide bonds. The number of carbonyl (C=O) groups is 1. The van der Waals surface area contributed by atoms with Gasteiger partial charge in [0.15, 0.2) is 6.61 Å². The number of carbonyl (C=O) groups excluding carboxylic acids is 1. The number of hydrazine groups is 1. The molecule has 0 saturated heterocycles.